The van der Waals surface area contributed by atoms with Crippen LogP contribution < -0.4 is 5.32 Å². The van der Waals surface area contributed by atoms with Crippen molar-refractivity contribution >= 4 is 43.5 Å². The molecular weight excluding hydrogens is 398 g/mol. The van der Waals surface area contributed by atoms with E-state index < -0.39 is 0 Å². The van der Waals surface area contributed by atoms with Gasteiger partial charge in [0.25, 0.3) is 0 Å². The van der Waals surface area contributed by atoms with Crippen molar-refractivity contribution in [3.63, 3.8) is 0 Å². The Bertz CT molecular complexity index is 644. The van der Waals surface area contributed by atoms with Crippen molar-refractivity contribution in [2.24, 2.45) is 0 Å². The van der Waals surface area contributed by atoms with Crippen LogP contribution in [-0.4, -0.2) is 13.1 Å². The summed E-state index contributed by atoms with van der Waals surface area (Å²) in [6.45, 7) is 0.646. The molecule has 0 saturated carbocycles. The maximum absolute atomic E-state index is 11.4. The zero-order chi connectivity index (χ0) is 15.2. The van der Waals surface area contributed by atoms with Gasteiger partial charge in [-0.3, -0.25) is 4.79 Å². The van der Waals surface area contributed by atoms with Crippen LogP contribution >= 0.6 is 31.9 Å². The summed E-state index contributed by atoms with van der Waals surface area (Å²) in [5.74, 6) is -0.229. The first kappa shape index (κ1) is 16.0. The van der Waals surface area contributed by atoms with Crippen LogP contribution in [0, 0.1) is 0 Å². The Hall–Kier alpha value is -1.33. The first-order valence-electron chi connectivity index (χ1n) is 6.42. The zero-order valence-electron chi connectivity index (χ0n) is 11.5. The van der Waals surface area contributed by atoms with E-state index >= 15 is 0 Å². The van der Waals surface area contributed by atoms with Gasteiger partial charge in [0.2, 0.25) is 0 Å². The van der Waals surface area contributed by atoms with Gasteiger partial charge in [-0.15, -0.1) is 0 Å². The number of benzene rings is 2. The van der Waals surface area contributed by atoms with E-state index in [4.69, 9.17) is 4.74 Å². The molecule has 2 aromatic rings. The molecule has 2 rings (SSSR count). The molecule has 21 heavy (non-hydrogen) atoms. The van der Waals surface area contributed by atoms with Gasteiger partial charge in [0, 0.05) is 21.2 Å². The molecule has 0 saturated heterocycles. The van der Waals surface area contributed by atoms with Gasteiger partial charge < -0.3 is 10.1 Å². The third-order valence-corrected chi connectivity index (χ3v) is 4.23. The lowest BCUT2D eigenvalue weighted by Gasteiger charge is -2.12. The van der Waals surface area contributed by atoms with Crippen LogP contribution in [0.25, 0.3) is 0 Å². The Morgan fingerprint density at radius 1 is 1.14 bits per heavy atom. The van der Waals surface area contributed by atoms with E-state index in [1.54, 1.807) is 0 Å². The zero-order valence-corrected chi connectivity index (χ0v) is 14.7. The van der Waals surface area contributed by atoms with Gasteiger partial charge in [-0.05, 0) is 45.3 Å². The molecule has 0 aliphatic carbocycles. The molecule has 3 nitrogen and oxygen atoms in total. The largest absolute Gasteiger partial charge is 0.469 e. The summed E-state index contributed by atoms with van der Waals surface area (Å²) >= 11 is 6.95. The lowest BCUT2D eigenvalue weighted by Crippen LogP contribution is -2.09. The summed E-state index contributed by atoms with van der Waals surface area (Å²) in [4.78, 5) is 11.4. The Labute approximate surface area is 141 Å². The van der Waals surface area contributed by atoms with E-state index in [0.717, 1.165) is 25.8 Å². The molecule has 5 heteroatoms. The average molecular weight is 413 g/mol. The molecule has 0 atom stereocenters. The third kappa shape index (κ3) is 4.58. The highest BCUT2D eigenvalue weighted by molar-refractivity contribution is 9.11. The van der Waals surface area contributed by atoms with Crippen molar-refractivity contribution in [2.75, 3.05) is 12.4 Å². The van der Waals surface area contributed by atoms with Crippen LogP contribution in [0.15, 0.2) is 51.4 Å². The van der Waals surface area contributed by atoms with Gasteiger partial charge in [0.1, 0.15) is 0 Å². The van der Waals surface area contributed by atoms with Crippen LogP contribution in [0.2, 0.25) is 0 Å². The Balaban J connectivity index is 2.11. The van der Waals surface area contributed by atoms with E-state index in [-0.39, 0.29) is 12.4 Å². The van der Waals surface area contributed by atoms with Crippen molar-refractivity contribution in [3.8, 4) is 0 Å². The fourth-order valence-corrected chi connectivity index (χ4v) is 3.14. The van der Waals surface area contributed by atoms with Gasteiger partial charge in [0.05, 0.1) is 13.5 Å². The van der Waals surface area contributed by atoms with Crippen molar-refractivity contribution in [2.45, 2.75) is 13.0 Å². The number of carbonyl (C=O) groups is 1. The first-order chi connectivity index (χ1) is 10.1. The summed E-state index contributed by atoms with van der Waals surface area (Å²) in [7, 11) is 1.40. The van der Waals surface area contributed by atoms with Crippen molar-refractivity contribution in [3.05, 3.63) is 62.5 Å². The number of nitrogens with one attached hydrogen (secondary N) is 1. The highest BCUT2D eigenvalue weighted by Crippen LogP contribution is 2.26. The number of carbonyl (C=O) groups excluding carboxylic acids is 1. The Kier molecular flexibility index (Phi) is 5.82. The van der Waals surface area contributed by atoms with Crippen LogP contribution in [-0.2, 0) is 22.5 Å². The molecule has 0 aliphatic rings. The Morgan fingerprint density at radius 2 is 1.86 bits per heavy atom. The Morgan fingerprint density at radius 3 is 2.52 bits per heavy atom. The van der Waals surface area contributed by atoms with Crippen LogP contribution in [0.4, 0.5) is 5.69 Å². The summed E-state index contributed by atoms with van der Waals surface area (Å²) < 4.78 is 6.74. The monoisotopic (exact) mass is 411 g/mol. The smallest absolute Gasteiger partial charge is 0.309 e. The lowest BCUT2D eigenvalue weighted by atomic mass is 10.0. The average Bonchev–Trinajstić information content (AvgIpc) is 2.47. The number of rotatable bonds is 5. The first-order valence-corrected chi connectivity index (χ1v) is 8.01. The maximum atomic E-state index is 11.4. The maximum Gasteiger partial charge on any atom is 0.309 e. The molecule has 2 aromatic carbocycles. The second-order valence-electron chi connectivity index (χ2n) is 4.50. The van der Waals surface area contributed by atoms with E-state index in [1.165, 1.54) is 7.11 Å². The topological polar surface area (TPSA) is 38.3 Å². The van der Waals surface area contributed by atoms with E-state index in [1.807, 2.05) is 42.5 Å². The summed E-state index contributed by atoms with van der Waals surface area (Å²) in [5, 5.41) is 3.37. The number of halogens is 2. The van der Waals surface area contributed by atoms with Gasteiger partial charge in [-0.25, -0.2) is 0 Å². The number of esters is 1. The minimum Gasteiger partial charge on any atom is -0.469 e. The minimum atomic E-state index is -0.229. The van der Waals surface area contributed by atoms with Crippen LogP contribution in [0.1, 0.15) is 11.1 Å². The standard InChI is InChI=1S/C16H15Br2NO2/c1-21-16(20)8-11-4-2-3-5-12(11)10-19-15-7-6-13(17)9-14(15)18/h2-7,9,19H,8,10H2,1H3. The second-order valence-corrected chi connectivity index (χ2v) is 6.27. The molecule has 0 spiro atoms. The number of ether oxygens (including phenoxy) is 1. The summed E-state index contributed by atoms with van der Waals surface area (Å²) in [5.41, 5.74) is 3.06. The molecule has 0 amide bonds. The highest BCUT2D eigenvalue weighted by Gasteiger charge is 2.08. The predicted octanol–water partition coefficient (Wildman–Crippen LogP) is 4.54. The van der Waals surface area contributed by atoms with Gasteiger partial charge in [0.15, 0.2) is 0 Å². The van der Waals surface area contributed by atoms with E-state index in [2.05, 4.69) is 37.2 Å². The number of hydrogen-bond donors (Lipinski definition) is 1. The van der Waals surface area contributed by atoms with Crippen LogP contribution in [0.5, 0.6) is 0 Å². The third-order valence-electron chi connectivity index (χ3n) is 3.08. The lowest BCUT2D eigenvalue weighted by molar-refractivity contribution is -0.139. The molecule has 110 valence electrons. The summed E-state index contributed by atoms with van der Waals surface area (Å²) in [6.07, 6.45) is 0.288. The quantitative estimate of drug-likeness (QED) is 0.732. The molecular formula is C16H15Br2NO2. The van der Waals surface area contributed by atoms with Crippen molar-refractivity contribution in [1.29, 1.82) is 0 Å². The predicted molar refractivity (Wildman–Crippen MR) is 91.3 cm³/mol. The van der Waals surface area contributed by atoms with E-state index in [0.29, 0.717) is 6.54 Å². The number of hydrogen-bond acceptors (Lipinski definition) is 3. The van der Waals surface area contributed by atoms with Gasteiger partial charge in [-0.1, -0.05) is 40.2 Å². The van der Waals surface area contributed by atoms with Crippen LogP contribution in [0.3, 0.4) is 0 Å². The van der Waals surface area contributed by atoms with Gasteiger partial charge >= 0.3 is 5.97 Å². The molecule has 0 unspecified atom stereocenters. The van der Waals surface area contributed by atoms with Crippen molar-refractivity contribution in [1.82, 2.24) is 0 Å². The normalized spacial score (nSPS) is 10.2. The summed E-state index contributed by atoms with van der Waals surface area (Å²) in [6, 6.07) is 13.8. The molecule has 0 bridgehead atoms. The fourth-order valence-electron chi connectivity index (χ4n) is 1.95. The SMILES string of the molecule is COC(=O)Cc1ccccc1CNc1ccc(Br)cc1Br. The van der Waals surface area contributed by atoms with Gasteiger partial charge in [-0.2, -0.15) is 0 Å². The molecule has 0 fully saturated rings. The molecule has 0 heterocycles. The molecule has 0 aromatic heterocycles. The molecule has 0 radical (unpaired) electrons. The fraction of sp³-hybridized carbons (Fsp3) is 0.188. The van der Waals surface area contributed by atoms with E-state index in [9.17, 15) is 4.79 Å². The minimum absolute atomic E-state index is 0.229. The number of methoxy groups -OCH3 is 1. The molecule has 1 N–H and O–H groups in total. The second kappa shape index (κ2) is 7.61. The highest BCUT2D eigenvalue weighted by atomic mass is 79.9. The number of anilines is 1. The molecule has 0 aliphatic heterocycles. The van der Waals surface area contributed by atoms with Crippen molar-refractivity contribution < 1.29 is 9.53 Å².